The molecule has 1 fully saturated rings. The largest absolute Gasteiger partial charge is 0.507 e. The minimum Gasteiger partial charge on any atom is -0.507 e. The van der Waals surface area contributed by atoms with Crippen molar-refractivity contribution in [2.45, 2.75) is 13.5 Å². The highest BCUT2D eigenvalue weighted by Crippen LogP contribution is 2.25. The fourth-order valence-electron chi connectivity index (χ4n) is 3.39. The average molecular weight is 395 g/mol. The number of piperazine rings is 1. The summed E-state index contributed by atoms with van der Waals surface area (Å²) in [6.45, 7) is 7.99. The Bertz CT molecular complexity index is 871. The second-order valence-corrected chi connectivity index (χ2v) is 7.57. The second kappa shape index (κ2) is 10.2. The summed E-state index contributed by atoms with van der Waals surface area (Å²) in [6, 6.07) is 11.1. The number of benzene rings is 2. The van der Waals surface area contributed by atoms with Crippen molar-refractivity contribution in [3.8, 4) is 11.5 Å². The van der Waals surface area contributed by atoms with Crippen LogP contribution in [0.2, 0.25) is 0 Å². The molecule has 6 nitrogen and oxygen atoms in total. The maximum atomic E-state index is 10.7. The molecule has 0 spiro atoms. The van der Waals surface area contributed by atoms with E-state index in [1.165, 1.54) is 0 Å². The molecule has 0 amide bonds. The maximum absolute atomic E-state index is 10.7. The molecule has 0 radical (unpaired) electrons. The van der Waals surface area contributed by atoms with Crippen LogP contribution in [-0.2, 0) is 6.54 Å². The van der Waals surface area contributed by atoms with Gasteiger partial charge in [-0.15, -0.1) is 0 Å². The van der Waals surface area contributed by atoms with E-state index in [0.717, 1.165) is 49.4 Å². The van der Waals surface area contributed by atoms with E-state index in [0.29, 0.717) is 24.4 Å². The molecular formula is C23H30N4O2. The van der Waals surface area contributed by atoms with Crippen molar-refractivity contribution in [2.24, 2.45) is 9.98 Å². The zero-order valence-corrected chi connectivity index (χ0v) is 17.3. The Labute approximate surface area is 172 Å². The third kappa shape index (κ3) is 6.14. The van der Waals surface area contributed by atoms with Crippen molar-refractivity contribution in [2.75, 3.05) is 46.3 Å². The lowest BCUT2D eigenvalue weighted by Gasteiger charge is -2.32. The minimum atomic E-state index is 0.220. The monoisotopic (exact) mass is 394 g/mol. The van der Waals surface area contributed by atoms with E-state index in [2.05, 4.69) is 32.9 Å². The van der Waals surface area contributed by atoms with Crippen molar-refractivity contribution in [1.82, 2.24) is 9.80 Å². The summed E-state index contributed by atoms with van der Waals surface area (Å²) in [4.78, 5) is 13.4. The summed E-state index contributed by atoms with van der Waals surface area (Å²) in [5.41, 5.74) is 3.51. The Morgan fingerprint density at radius 3 is 2.28 bits per heavy atom. The van der Waals surface area contributed by atoms with E-state index >= 15 is 0 Å². The molecule has 2 N–H and O–H groups in total. The van der Waals surface area contributed by atoms with E-state index < -0.39 is 0 Å². The van der Waals surface area contributed by atoms with E-state index in [1.54, 1.807) is 24.6 Å². The van der Waals surface area contributed by atoms with Gasteiger partial charge in [0.2, 0.25) is 0 Å². The Balaban J connectivity index is 1.57. The minimum absolute atomic E-state index is 0.220. The van der Waals surface area contributed by atoms with Gasteiger partial charge in [0.15, 0.2) is 0 Å². The third-order valence-electron chi connectivity index (χ3n) is 5.11. The summed E-state index contributed by atoms with van der Waals surface area (Å²) < 4.78 is 0. The van der Waals surface area contributed by atoms with Crippen LogP contribution in [0, 0.1) is 6.92 Å². The van der Waals surface area contributed by atoms with Crippen LogP contribution in [0.3, 0.4) is 0 Å². The highest BCUT2D eigenvalue weighted by atomic mass is 16.3. The number of aliphatic imine (C=N–C) groups is 2. The van der Waals surface area contributed by atoms with Gasteiger partial charge < -0.3 is 15.1 Å². The molecule has 1 aliphatic heterocycles. The Morgan fingerprint density at radius 2 is 1.59 bits per heavy atom. The van der Waals surface area contributed by atoms with Gasteiger partial charge in [-0.2, -0.15) is 0 Å². The van der Waals surface area contributed by atoms with Gasteiger partial charge in [0.1, 0.15) is 11.5 Å². The summed E-state index contributed by atoms with van der Waals surface area (Å²) in [6.07, 6.45) is 3.38. The molecule has 0 aliphatic carbocycles. The van der Waals surface area contributed by atoms with E-state index in [-0.39, 0.29) is 5.75 Å². The van der Waals surface area contributed by atoms with Crippen LogP contribution in [0.5, 0.6) is 11.5 Å². The molecule has 1 heterocycles. The van der Waals surface area contributed by atoms with Crippen LogP contribution in [0.1, 0.15) is 22.3 Å². The molecule has 0 aromatic heterocycles. The zero-order chi connectivity index (χ0) is 20.6. The molecule has 0 unspecified atom stereocenters. The Kier molecular flexibility index (Phi) is 7.38. The van der Waals surface area contributed by atoms with Gasteiger partial charge in [0.25, 0.3) is 0 Å². The van der Waals surface area contributed by atoms with Crippen LogP contribution >= 0.6 is 0 Å². The van der Waals surface area contributed by atoms with Crippen molar-refractivity contribution in [3.63, 3.8) is 0 Å². The predicted octanol–water partition coefficient (Wildman–Crippen LogP) is 2.69. The summed E-state index contributed by atoms with van der Waals surface area (Å²) >= 11 is 0. The molecule has 1 saturated heterocycles. The number of nitrogens with zero attached hydrogens (tertiary/aromatic N) is 4. The van der Waals surface area contributed by atoms with Crippen LogP contribution < -0.4 is 0 Å². The molecule has 2 aromatic carbocycles. The van der Waals surface area contributed by atoms with Crippen LogP contribution in [0.15, 0.2) is 46.4 Å². The van der Waals surface area contributed by atoms with Crippen LogP contribution in [0.4, 0.5) is 0 Å². The van der Waals surface area contributed by atoms with Gasteiger partial charge >= 0.3 is 0 Å². The Hall–Kier alpha value is -2.70. The maximum Gasteiger partial charge on any atom is 0.128 e. The van der Waals surface area contributed by atoms with E-state index in [1.807, 2.05) is 25.1 Å². The van der Waals surface area contributed by atoms with Crippen molar-refractivity contribution < 1.29 is 10.2 Å². The normalized spacial score (nSPS) is 16.2. The SMILES string of the molecule is Cc1cc(C=NCCN=Cc2ccccc2O)c(O)c(CN2CCN(C)CC2)c1. The third-order valence-corrected chi connectivity index (χ3v) is 5.11. The molecule has 29 heavy (non-hydrogen) atoms. The molecule has 3 rings (SSSR count). The van der Waals surface area contributed by atoms with Gasteiger partial charge in [0, 0.05) is 61.8 Å². The highest BCUT2D eigenvalue weighted by Gasteiger charge is 2.16. The number of hydrogen-bond acceptors (Lipinski definition) is 6. The van der Waals surface area contributed by atoms with Crippen LogP contribution in [-0.4, -0.2) is 78.8 Å². The van der Waals surface area contributed by atoms with Gasteiger partial charge in [-0.1, -0.05) is 18.2 Å². The van der Waals surface area contributed by atoms with E-state index in [9.17, 15) is 10.2 Å². The quantitative estimate of drug-likeness (QED) is 0.560. The second-order valence-electron chi connectivity index (χ2n) is 7.57. The number of rotatable bonds is 7. The zero-order valence-electron chi connectivity index (χ0n) is 17.3. The molecule has 1 aliphatic rings. The first-order chi connectivity index (χ1) is 14.0. The predicted molar refractivity (Wildman–Crippen MR) is 119 cm³/mol. The first-order valence-electron chi connectivity index (χ1n) is 10.0. The molecular weight excluding hydrogens is 364 g/mol. The van der Waals surface area contributed by atoms with Crippen molar-refractivity contribution in [3.05, 3.63) is 58.7 Å². The number of para-hydroxylation sites is 1. The van der Waals surface area contributed by atoms with Crippen LogP contribution in [0.25, 0.3) is 0 Å². The summed E-state index contributed by atoms with van der Waals surface area (Å²) in [7, 11) is 2.14. The number of hydrogen-bond donors (Lipinski definition) is 2. The number of phenolic OH excluding ortho intramolecular Hbond substituents is 2. The van der Waals surface area contributed by atoms with Crippen molar-refractivity contribution >= 4 is 12.4 Å². The Morgan fingerprint density at radius 1 is 0.931 bits per heavy atom. The smallest absolute Gasteiger partial charge is 0.128 e. The molecule has 0 bridgehead atoms. The standard InChI is InChI=1S/C23H30N4O2/c1-18-13-20(16-25-8-7-24-15-19-5-3-4-6-22(19)28)23(29)21(14-18)17-27-11-9-26(2)10-12-27/h3-6,13-16,28-29H,7-12,17H2,1-2H3. The summed E-state index contributed by atoms with van der Waals surface area (Å²) in [5, 5.41) is 20.4. The lowest BCUT2D eigenvalue weighted by Crippen LogP contribution is -2.43. The molecule has 0 saturated carbocycles. The van der Waals surface area contributed by atoms with Gasteiger partial charge in [-0.3, -0.25) is 14.9 Å². The number of aromatic hydroxyl groups is 2. The first kappa shape index (κ1) is 21.0. The number of aryl methyl sites for hydroxylation is 1. The fraction of sp³-hybridized carbons (Fsp3) is 0.391. The van der Waals surface area contributed by atoms with Gasteiger partial charge in [-0.05, 0) is 37.7 Å². The first-order valence-corrected chi connectivity index (χ1v) is 10.0. The summed E-state index contributed by atoms with van der Waals surface area (Å²) in [5.74, 6) is 0.535. The molecule has 154 valence electrons. The number of likely N-dealkylation sites (N-methyl/N-ethyl adjacent to an activating group) is 1. The average Bonchev–Trinajstić information content (AvgIpc) is 2.70. The molecule has 0 atom stereocenters. The fourth-order valence-corrected chi connectivity index (χ4v) is 3.39. The highest BCUT2D eigenvalue weighted by molar-refractivity contribution is 5.85. The molecule has 6 heteroatoms. The van der Waals surface area contributed by atoms with Gasteiger partial charge in [0.05, 0.1) is 13.1 Å². The lowest BCUT2D eigenvalue weighted by molar-refractivity contribution is 0.147. The van der Waals surface area contributed by atoms with Crippen molar-refractivity contribution in [1.29, 1.82) is 0 Å². The van der Waals surface area contributed by atoms with E-state index in [4.69, 9.17) is 0 Å². The van der Waals surface area contributed by atoms with Gasteiger partial charge in [-0.25, -0.2) is 0 Å². The lowest BCUT2D eigenvalue weighted by atomic mass is 10.0. The number of phenols is 2. The molecule has 2 aromatic rings. The topological polar surface area (TPSA) is 71.7 Å².